The average Bonchev–Trinajstić information content (AvgIpc) is 2.72. The molecule has 2 N–H and O–H groups in total. The van der Waals surface area contributed by atoms with Crippen LogP contribution >= 0.6 is 0 Å². The molecular weight excluding hydrogens is 473 g/mol. The fourth-order valence-electron chi connectivity index (χ4n) is 2.54. The summed E-state index contributed by atoms with van der Waals surface area (Å²) in [5.74, 6) is -0.661. The van der Waals surface area contributed by atoms with Crippen LogP contribution < -0.4 is 34.5 Å². The molecule has 0 aliphatic carbocycles. The second kappa shape index (κ2) is 13.3. The Labute approximate surface area is 208 Å². The topological polar surface area (TPSA) is 169 Å². The second-order valence-corrected chi connectivity index (χ2v) is 9.36. The van der Waals surface area contributed by atoms with E-state index in [1.54, 1.807) is 24.3 Å². The van der Waals surface area contributed by atoms with Gasteiger partial charge in [-0.25, -0.2) is 16.8 Å². The van der Waals surface area contributed by atoms with E-state index in [1.807, 2.05) is 4.90 Å². The van der Waals surface area contributed by atoms with Gasteiger partial charge in [-0.15, -0.1) is 0 Å². The van der Waals surface area contributed by atoms with Crippen LogP contribution in [0.3, 0.4) is 0 Å². The van der Waals surface area contributed by atoms with Gasteiger partial charge in [-0.1, -0.05) is 0 Å². The standard InChI is InChI=1S/C18H23N3O8S2.Na/c22-11-9-21(10-12-23)17-5-1-15(2-6-17)19-20-16-3-7-18(8-4-16)30(24,25)14-13-29-31(26,27)28;/h1-8,22-23H,9-14H2,(H,26,27,28);/q;+1/p-1. The van der Waals surface area contributed by atoms with Crippen LogP contribution in [0.2, 0.25) is 0 Å². The molecule has 0 atom stereocenters. The van der Waals surface area contributed by atoms with E-state index in [9.17, 15) is 21.4 Å². The number of sulfone groups is 1. The van der Waals surface area contributed by atoms with E-state index < -0.39 is 32.6 Å². The van der Waals surface area contributed by atoms with Crippen LogP contribution in [0.1, 0.15) is 0 Å². The summed E-state index contributed by atoms with van der Waals surface area (Å²) in [6.45, 7) is -0.0828. The van der Waals surface area contributed by atoms with Crippen LogP contribution in [0.25, 0.3) is 0 Å². The molecule has 170 valence electrons. The molecule has 14 heteroatoms. The third-order valence-corrected chi connectivity index (χ3v) is 6.16. The number of rotatable bonds is 12. The third kappa shape index (κ3) is 9.60. The van der Waals surface area contributed by atoms with Crippen molar-refractivity contribution in [2.45, 2.75) is 4.90 Å². The van der Waals surface area contributed by atoms with Gasteiger partial charge in [0.1, 0.15) is 0 Å². The molecule has 0 heterocycles. The minimum absolute atomic E-state index is 0. The van der Waals surface area contributed by atoms with Crippen molar-refractivity contribution in [2.75, 3.05) is 43.6 Å². The Hall–Kier alpha value is -1.42. The van der Waals surface area contributed by atoms with Gasteiger partial charge in [0.25, 0.3) is 0 Å². The van der Waals surface area contributed by atoms with E-state index in [-0.39, 0.29) is 47.7 Å². The molecule has 0 saturated heterocycles. The molecule has 0 spiro atoms. The molecule has 0 radical (unpaired) electrons. The van der Waals surface area contributed by atoms with Gasteiger partial charge in [0.15, 0.2) is 9.84 Å². The Morgan fingerprint density at radius 1 is 0.844 bits per heavy atom. The molecule has 2 rings (SSSR count). The Morgan fingerprint density at radius 3 is 1.75 bits per heavy atom. The van der Waals surface area contributed by atoms with Crippen molar-refractivity contribution in [3.8, 4) is 0 Å². The number of benzene rings is 2. The van der Waals surface area contributed by atoms with Crippen LogP contribution in [0.4, 0.5) is 17.1 Å². The van der Waals surface area contributed by atoms with E-state index in [2.05, 4.69) is 14.4 Å². The van der Waals surface area contributed by atoms with Crippen molar-refractivity contribution < 1.29 is 65.3 Å². The van der Waals surface area contributed by atoms with E-state index in [0.717, 1.165) is 5.69 Å². The molecule has 32 heavy (non-hydrogen) atoms. The number of aliphatic hydroxyl groups excluding tert-OH is 2. The molecule has 0 aliphatic heterocycles. The SMILES string of the molecule is O=S(=O)([O-])OCCS(=O)(=O)c1ccc(N=Nc2ccc(N(CCO)CCO)cc2)cc1.[Na+]. The normalized spacial score (nSPS) is 12.0. The Morgan fingerprint density at radius 2 is 1.31 bits per heavy atom. The fraction of sp³-hybridized carbons (Fsp3) is 0.333. The van der Waals surface area contributed by atoms with E-state index in [1.165, 1.54) is 24.3 Å². The maximum absolute atomic E-state index is 12.1. The molecule has 0 aromatic heterocycles. The van der Waals surface area contributed by atoms with Crippen LogP contribution in [0, 0.1) is 0 Å². The first-order valence-electron chi connectivity index (χ1n) is 9.06. The molecule has 0 saturated carbocycles. The van der Waals surface area contributed by atoms with Crippen LogP contribution in [0.15, 0.2) is 63.7 Å². The van der Waals surface area contributed by atoms with Crippen LogP contribution in [0.5, 0.6) is 0 Å². The summed E-state index contributed by atoms with van der Waals surface area (Å²) >= 11 is 0. The molecule has 2 aromatic rings. The zero-order chi connectivity index (χ0) is 22.9. The predicted molar refractivity (Wildman–Crippen MR) is 111 cm³/mol. The van der Waals surface area contributed by atoms with Crippen molar-refractivity contribution >= 4 is 37.3 Å². The van der Waals surface area contributed by atoms with Gasteiger partial charge in [0, 0.05) is 18.8 Å². The van der Waals surface area contributed by atoms with Gasteiger partial charge in [0.2, 0.25) is 10.4 Å². The van der Waals surface area contributed by atoms with E-state index >= 15 is 0 Å². The number of aliphatic hydroxyl groups is 2. The average molecular weight is 496 g/mol. The van der Waals surface area contributed by atoms with Crippen molar-refractivity contribution in [1.82, 2.24) is 0 Å². The number of hydrogen-bond acceptors (Lipinski definition) is 11. The summed E-state index contributed by atoms with van der Waals surface area (Å²) in [6.07, 6.45) is 0. The number of anilines is 1. The first-order chi connectivity index (χ1) is 14.6. The molecule has 11 nitrogen and oxygen atoms in total. The summed E-state index contributed by atoms with van der Waals surface area (Å²) in [5, 5.41) is 26.3. The van der Waals surface area contributed by atoms with Gasteiger partial charge in [0.05, 0.1) is 41.8 Å². The number of nitrogens with zero attached hydrogens (tertiary/aromatic N) is 3. The van der Waals surface area contributed by atoms with E-state index in [0.29, 0.717) is 24.5 Å². The Balaban J connectivity index is 0.00000512. The first-order valence-corrected chi connectivity index (χ1v) is 12.0. The molecule has 2 aromatic carbocycles. The summed E-state index contributed by atoms with van der Waals surface area (Å²) < 4.78 is 59.3. The fourth-order valence-corrected chi connectivity index (χ4v) is 4.02. The smallest absolute Gasteiger partial charge is 0.726 e. The Kier molecular flexibility index (Phi) is 11.9. The zero-order valence-electron chi connectivity index (χ0n) is 17.4. The monoisotopic (exact) mass is 495 g/mol. The van der Waals surface area contributed by atoms with E-state index in [4.69, 9.17) is 10.2 Å². The quantitative estimate of drug-likeness (QED) is 0.148. The third-order valence-electron chi connectivity index (χ3n) is 4.01. The summed E-state index contributed by atoms with van der Waals surface area (Å²) in [6, 6.07) is 12.4. The van der Waals surface area contributed by atoms with Crippen LogP contribution in [-0.2, 0) is 24.4 Å². The molecule has 0 fully saturated rings. The van der Waals surface area contributed by atoms with Gasteiger partial charge in [-0.2, -0.15) is 10.2 Å². The van der Waals surface area contributed by atoms with Gasteiger partial charge in [-0.3, -0.25) is 4.18 Å². The zero-order valence-corrected chi connectivity index (χ0v) is 21.0. The van der Waals surface area contributed by atoms with Gasteiger partial charge >= 0.3 is 29.6 Å². The predicted octanol–water partition coefficient (Wildman–Crippen LogP) is -1.85. The minimum atomic E-state index is -4.95. The van der Waals surface area contributed by atoms with Crippen LogP contribution in [-0.4, -0.2) is 70.3 Å². The molecular formula is C18H22N3NaO8S2. The minimum Gasteiger partial charge on any atom is -0.726 e. The molecule has 0 amide bonds. The largest absolute Gasteiger partial charge is 1.00 e. The molecule has 0 bridgehead atoms. The first kappa shape index (κ1) is 28.6. The molecule has 0 unspecified atom stereocenters. The van der Waals surface area contributed by atoms with Crippen molar-refractivity contribution in [3.63, 3.8) is 0 Å². The summed E-state index contributed by atoms with van der Waals surface area (Å²) in [4.78, 5) is 1.74. The second-order valence-electron chi connectivity index (χ2n) is 6.19. The number of azo groups is 1. The number of hydrogen-bond donors (Lipinski definition) is 2. The molecule has 0 aliphatic rings. The maximum Gasteiger partial charge on any atom is 1.00 e. The van der Waals surface area contributed by atoms with Crippen molar-refractivity contribution in [3.05, 3.63) is 48.5 Å². The van der Waals surface area contributed by atoms with Crippen molar-refractivity contribution in [1.29, 1.82) is 0 Å². The Bertz CT molecular complexity index is 1070. The summed E-state index contributed by atoms with van der Waals surface area (Å²) in [5.41, 5.74) is 1.75. The maximum atomic E-state index is 12.1. The van der Waals surface area contributed by atoms with Crippen molar-refractivity contribution in [2.24, 2.45) is 10.2 Å². The van der Waals surface area contributed by atoms with Gasteiger partial charge in [-0.05, 0) is 48.5 Å². The van der Waals surface area contributed by atoms with Gasteiger partial charge < -0.3 is 19.7 Å². The summed E-state index contributed by atoms with van der Waals surface area (Å²) in [7, 11) is -8.78.